The zero-order valence-electron chi connectivity index (χ0n) is 9.72. The molecule has 1 atom stereocenters. The van der Waals surface area contributed by atoms with Gasteiger partial charge in [-0.3, -0.25) is 0 Å². The van der Waals surface area contributed by atoms with Gasteiger partial charge in [-0.25, -0.2) is 0 Å². The first kappa shape index (κ1) is 11.5. The minimum atomic E-state index is -0.497. The van der Waals surface area contributed by atoms with Crippen molar-refractivity contribution in [3.8, 4) is 0 Å². The molecule has 1 aliphatic carbocycles. The first-order chi connectivity index (χ1) is 7.58. The second-order valence-corrected chi connectivity index (χ2v) is 4.86. The fourth-order valence-electron chi connectivity index (χ4n) is 2.29. The monoisotopic (exact) mass is 223 g/mol. The van der Waals surface area contributed by atoms with Crippen molar-refractivity contribution in [3.63, 3.8) is 0 Å². The molecule has 0 aromatic rings. The Kier molecular flexibility index (Phi) is 2.93. The smallest absolute Gasteiger partial charge is 0.188 e. The zero-order chi connectivity index (χ0) is 11.6. The second kappa shape index (κ2) is 4.09. The molecule has 1 spiro atoms. The van der Waals surface area contributed by atoms with Crippen molar-refractivity contribution in [1.82, 2.24) is 0 Å². The summed E-state index contributed by atoms with van der Waals surface area (Å²) in [5.41, 5.74) is 8.14. The Morgan fingerprint density at radius 1 is 1.44 bits per heavy atom. The van der Waals surface area contributed by atoms with Crippen LogP contribution in [-0.4, -0.2) is 24.5 Å². The second-order valence-electron chi connectivity index (χ2n) is 4.86. The molecule has 2 rings (SSSR count). The van der Waals surface area contributed by atoms with Gasteiger partial charge >= 0.3 is 0 Å². The summed E-state index contributed by atoms with van der Waals surface area (Å²) in [6.07, 6.45) is 5.79. The molecule has 1 fully saturated rings. The third-order valence-corrected chi connectivity index (χ3v) is 3.37. The van der Waals surface area contributed by atoms with Crippen LogP contribution in [0.25, 0.3) is 10.4 Å². The van der Waals surface area contributed by atoms with Crippen molar-refractivity contribution in [2.45, 2.75) is 38.0 Å². The third kappa shape index (κ3) is 2.07. The van der Waals surface area contributed by atoms with E-state index in [1.54, 1.807) is 0 Å². The standard InChI is InChI=1S/C11H17N3O2/c1-10(2,13-14-12)9-3-5-11(6-4-9)15-7-8-16-11/h3,5,9H,4,6-8H2,1-2H3. The SMILES string of the molecule is CC(C)(N=[N+]=[N-])C1C=CC2(CC1)OCCO2. The van der Waals surface area contributed by atoms with Crippen LogP contribution < -0.4 is 0 Å². The van der Waals surface area contributed by atoms with Crippen LogP contribution >= 0.6 is 0 Å². The normalized spacial score (nSPS) is 28.0. The van der Waals surface area contributed by atoms with Crippen molar-refractivity contribution >= 4 is 0 Å². The third-order valence-electron chi connectivity index (χ3n) is 3.37. The summed E-state index contributed by atoms with van der Waals surface area (Å²) in [6.45, 7) is 5.23. The summed E-state index contributed by atoms with van der Waals surface area (Å²) in [7, 11) is 0. The molecule has 5 heteroatoms. The molecule has 1 heterocycles. The average molecular weight is 223 g/mol. The van der Waals surface area contributed by atoms with Crippen LogP contribution in [0.1, 0.15) is 26.7 Å². The highest BCUT2D eigenvalue weighted by Crippen LogP contribution is 2.38. The Hall–Kier alpha value is -1.03. The van der Waals surface area contributed by atoms with Gasteiger partial charge in [-0.05, 0) is 23.9 Å². The lowest BCUT2D eigenvalue weighted by Gasteiger charge is -2.35. The molecule has 1 unspecified atom stereocenters. The quantitative estimate of drug-likeness (QED) is 0.312. The van der Waals surface area contributed by atoms with E-state index in [2.05, 4.69) is 16.1 Å². The van der Waals surface area contributed by atoms with Gasteiger partial charge in [0.1, 0.15) is 0 Å². The van der Waals surface area contributed by atoms with Crippen molar-refractivity contribution in [2.75, 3.05) is 13.2 Å². The largest absolute Gasteiger partial charge is 0.344 e. The lowest BCUT2D eigenvalue weighted by atomic mass is 9.80. The van der Waals surface area contributed by atoms with Gasteiger partial charge < -0.3 is 9.47 Å². The number of hydrogen-bond acceptors (Lipinski definition) is 3. The van der Waals surface area contributed by atoms with E-state index < -0.39 is 5.79 Å². The maximum Gasteiger partial charge on any atom is 0.188 e. The first-order valence-corrected chi connectivity index (χ1v) is 5.62. The topological polar surface area (TPSA) is 67.2 Å². The van der Waals surface area contributed by atoms with Crippen LogP contribution in [0, 0.1) is 5.92 Å². The van der Waals surface area contributed by atoms with Gasteiger partial charge in [0.15, 0.2) is 5.79 Å². The highest BCUT2D eigenvalue weighted by atomic mass is 16.7. The molecule has 1 saturated heterocycles. The fraction of sp³-hybridized carbons (Fsp3) is 0.818. The molecule has 5 nitrogen and oxygen atoms in total. The molecular weight excluding hydrogens is 206 g/mol. The number of ether oxygens (including phenoxy) is 2. The molecule has 0 saturated carbocycles. The van der Waals surface area contributed by atoms with E-state index in [1.807, 2.05) is 19.9 Å². The molecule has 2 aliphatic rings. The van der Waals surface area contributed by atoms with Crippen LogP contribution in [0.15, 0.2) is 17.3 Å². The Morgan fingerprint density at radius 2 is 2.12 bits per heavy atom. The van der Waals surface area contributed by atoms with E-state index in [4.69, 9.17) is 15.0 Å². The van der Waals surface area contributed by atoms with Gasteiger partial charge in [-0.1, -0.05) is 25.0 Å². The number of hydrogen-bond donors (Lipinski definition) is 0. The van der Waals surface area contributed by atoms with Crippen LogP contribution in [0.5, 0.6) is 0 Å². The molecule has 0 N–H and O–H groups in total. The molecular formula is C11H17N3O2. The van der Waals surface area contributed by atoms with Crippen LogP contribution in [0.3, 0.4) is 0 Å². The van der Waals surface area contributed by atoms with E-state index in [-0.39, 0.29) is 11.5 Å². The molecule has 0 bridgehead atoms. The lowest BCUT2D eigenvalue weighted by Crippen LogP contribution is -2.36. The molecule has 0 aromatic carbocycles. The van der Waals surface area contributed by atoms with Gasteiger partial charge in [-0.2, -0.15) is 0 Å². The summed E-state index contributed by atoms with van der Waals surface area (Å²) in [5, 5.41) is 3.84. The lowest BCUT2D eigenvalue weighted by molar-refractivity contribution is -0.128. The van der Waals surface area contributed by atoms with Crippen molar-refractivity contribution < 1.29 is 9.47 Å². The molecule has 0 radical (unpaired) electrons. The Morgan fingerprint density at radius 3 is 2.62 bits per heavy atom. The highest BCUT2D eigenvalue weighted by Gasteiger charge is 2.39. The van der Waals surface area contributed by atoms with Gasteiger partial charge in [0.05, 0.1) is 13.2 Å². The average Bonchev–Trinajstić information content (AvgIpc) is 2.67. The predicted molar refractivity (Wildman–Crippen MR) is 59.7 cm³/mol. The molecule has 0 aromatic heterocycles. The summed E-state index contributed by atoms with van der Waals surface area (Å²) < 4.78 is 11.2. The van der Waals surface area contributed by atoms with E-state index in [0.29, 0.717) is 13.2 Å². The maximum absolute atomic E-state index is 8.52. The minimum Gasteiger partial charge on any atom is -0.344 e. The maximum atomic E-state index is 8.52. The Bertz CT molecular complexity index is 339. The van der Waals surface area contributed by atoms with E-state index in [1.165, 1.54) is 0 Å². The van der Waals surface area contributed by atoms with Gasteiger partial charge in [0.2, 0.25) is 0 Å². The van der Waals surface area contributed by atoms with E-state index >= 15 is 0 Å². The van der Waals surface area contributed by atoms with Gasteiger partial charge in [0.25, 0.3) is 0 Å². The Balaban J connectivity index is 2.10. The van der Waals surface area contributed by atoms with Crippen molar-refractivity contribution in [3.05, 3.63) is 22.6 Å². The molecule has 0 amide bonds. The number of azide groups is 1. The number of rotatable bonds is 2. The summed E-state index contributed by atoms with van der Waals surface area (Å²) in [6, 6.07) is 0. The summed E-state index contributed by atoms with van der Waals surface area (Å²) in [5.74, 6) is -0.245. The Labute approximate surface area is 95.0 Å². The molecule has 88 valence electrons. The predicted octanol–water partition coefficient (Wildman–Crippen LogP) is 2.78. The van der Waals surface area contributed by atoms with Crippen molar-refractivity contribution in [2.24, 2.45) is 11.0 Å². The number of nitrogens with zero attached hydrogens (tertiary/aromatic N) is 3. The van der Waals surface area contributed by atoms with Gasteiger partial charge in [0, 0.05) is 16.9 Å². The first-order valence-electron chi connectivity index (χ1n) is 5.62. The van der Waals surface area contributed by atoms with Crippen LogP contribution in [-0.2, 0) is 9.47 Å². The van der Waals surface area contributed by atoms with E-state index in [9.17, 15) is 0 Å². The summed E-state index contributed by atoms with van der Waals surface area (Å²) in [4.78, 5) is 2.90. The highest BCUT2D eigenvalue weighted by molar-refractivity contribution is 5.10. The van der Waals surface area contributed by atoms with Crippen LogP contribution in [0.4, 0.5) is 0 Å². The van der Waals surface area contributed by atoms with E-state index in [0.717, 1.165) is 12.8 Å². The summed E-state index contributed by atoms with van der Waals surface area (Å²) >= 11 is 0. The fourth-order valence-corrected chi connectivity index (χ4v) is 2.29. The molecule has 16 heavy (non-hydrogen) atoms. The van der Waals surface area contributed by atoms with Crippen LogP contribution in [0.2, 0.25) is 0 Å². The minimum absolute atomic E-state index is 0.252. The molecule has 1 aliphatic heterocycles. The van der Waals surface area contributed by atoms with Crippen molar-refractivity contribution in [1.29, 1.82) is 0 Å². The van der Waals surface area contributed by atoms with Gasteiger partial charge in [-0.15, -0.1) is 0 Å². The zero-order valence-corrected chi connectivity index (χ0v) is 9.72.